The molecule has 0 spiro atoms. The highest BCUT2D eigenvalue weighted by molar-refractivity contribution is 5.86. The molecule has 6 nitrogen and oxygen atoms in total. The maximum atomic E-state index is 10.9. The number of hydrogen-bond acceptors (Lipinski definition) is 5. The van der Waals surface area contributed by atoms with Gasteiger partial charge in [0.15, 0.2) is 5.76 Å². The highest BCUT2D eigenvalue weighted by Gasteiger charge is 2.19. The van der Waals surface area contributed by atoms with Crippen LogP contribution in [0.15, 0.2) is 21.3 Å². The first-order chi connectivity index (χ1) is 8.50. The molecule has 0 amide bonds. The summed E-state index contributed by atoms with van der Waals surface area (Å²) in [5, 5.41) is 12.8. The van der Waals surface area contributed by atoms with Crippen LogP contribution in [0.4, 0.5) is 5.69 Å². The number of rotatable bonds is 4. The maximum absolute atomic E-state index is 10.9. The highest BCUT2D eigenvalue weighted by atomic mass is 16.5. The van der Waals surface area contributed by atoms with Gasteiger partial charge in [-0.3, -0.25) is 0 Å². The smallest absolute Gasteiger partial charge is 0.372 e. The molecule has 0 aliphatic rings. The summed E-state index contributed by atoms with van der Waals surface area (Å²) in [5.41, 5.74) is 2.26. The molecule has 0 radical (unpaired) electrons. The molecule has 0 atom stereocenters. The van der Waals surface area contributed by atoms with Crippen molar-refractivity contribution in [2.75, 3.05) is 11.9 Å². The number of carboxylic acids is 1. The third-order valence-electron chi connectivity index (χ3n) is 2.73. The summed E-state index contributed by atoms with van der Waals surface area (Å²) >= 11 is 0. The third-order valence-corrected chi connectivity index (χ3v) is 2.73. The monoisotopic (exact) mass is 250 g/mol. The largest absolute Gasteiger partial charge is 0.475 e. The summed E-state index contributed by atoms with van der Waals surface area (Å²) in [6.07, 6.45) is 1.37. The van der Waals surface area contributed by atoms with E-state index < -0.39 is 5.97 Å². The number of anilines is 1. The topological polar surface area (TPSA) is 79.7 Å². The van der Waals surface area contributed by atoms with E-state index in [2.05, 4.69) is 5.16 Å². The molecule has 96 valence electrons. The van der Waals surface area contributed by atoms with Crippen molar-refractivity contribution in [2.45, 2.75) is 20.4 Å². The van der Waals surface area contributed by atoms with Gasteiger partial charge in [0.1, 0.15) is 11.4 Å². The van der Waals surface area contributed by atoms with Gasteiger partial charge in [-0.05, 0) is 19.9 Å². The molecule has 2 heterocycles. The zero-order valence-electron chi connectivity index (χ0n) is 10.4. The van der Waals surface area contributed by atoms with Crippen molar-refractivity contribution < 1.29 is 18.8 Å². The van der Waals surface area contributed by atoms with Crippen LogP contribution >= 0.6 is 0 Å². The molecule has 2 aromatic heterocycles. The molecule has 2 rings (SSSR count). The Morgan fingerprint density at radius 2 is 2.22 bits per heavy atom. The van der Waals surface area contributed by atoms with Gasteiger partial charge in [0.05, 0.1) is 6.26 Å². The fraction of sp³-hybridized carbons (Fsp3) is 0.333. The number of nitrogens with zero attached hydrogens (tertiary/aromatic N) is 2. The van der Waals surface area contributed by atoms with Gasteiger partial charge < -0.3 is 18.9 Å². The lowest BCUT2D eigenvalue weighted by Crippen LogP contribution is -2.18. The van der Waals surface area contributed by atoms with Crippen molar-refractivity contribution in [2.24, 2.45) is 0 Å². The Balaban J connectivity index is 2.24. The zero-order chi connectivity index (χ0) is 13.3. The molecule has 18 heavy (non-hydrogen) atoms. The predicted octanol–water partition coefficient (Wildman–Crippen LogP) is 2.22. The van der Waals surface area contributed by atoms with Gasteiger partial charge in [0.25, 0.3) is 0 Å². The van der Waals surface area contributed by atoms with Crippen LogP contribution in [-0.2, 0) is 6.54 Å². The highest BCUT2D eigenvalue weighted by Crippen LogP contribution is 2.25. The lowest BCUT2D eigenvalue weighted by atomic mass is 10.2. The summed E-state index contributed by atoms with van der Waals surface area (Å²) in [7, 11) is 1.85. The van der Waals surface area contributed by atoms with Crippen LogP contribution < -0.4 is 4.90 Å². The molecule has 0 unspecified atom stereocenters. The first kappa shape index (κ1) is 12.2. The first-order valence-electron chi connectivity index (χ1n) is 5.44. The molecular weight excluding hydrogens is 236 g/mol. The average molecular weight is 250 g/mol. The Labute approximate surface area is 104 Å². The van der Waals surface area contributed by atoms with Crippen molar-refractivity contribution in [3.63, 3.8) is 0 Å². The van der Waals surface area contributed by atoms with Gasteiger partial charge in [0, 0.05) is 19.2 Å². The van der Waals surface area contributed by atoms with Gasteiger partial charge >= 0.3 is 5.97 Å². The van der Waals surface area contributed by atoms with Crippen molar-refractivity contribution in [1.82, 2.24) is 5.16 Å². The molecule has 1 N–H and O–H groups in total. The number of aromatic nitrogens is 1. The summed E-state index contributed by atoms with van der Waals surface area (Å²) in [6.45, 7) is 4.08. The van der Waals surface area contributed by atoms with E-state index in [1.165, 1.54) is 6.26 Å². The number of aromatic carboxylic acids is 1. The zero-order valence-corrected chi connectivity index (χ0v) is 10.4. The Morgan fingerprint density at radius 3 is 2.78 bits per heavy atom. The van der Waals surface area contributed by atoms with Gasteiger partial charge in [-0.15, -0.1) is 0 Å². The van der Waals surface area contributed by atoms with E-state index in [0.717, 1.165) is 11.4 Å². The van der Waals surface area contributed by atoms with Gasteiger partial charge in [-0.2, -0.15) is 0 Å². The molecule has 0 saturated carbocycles. The Bertz CT molecular complexity index is 551. The van der Waals surface area contributed by atoms with E-state index in [-0.39, 0.29) is 5.76 Å². The normalized spacial score (nSPS) is 10.6. The molecule has 0 aromatic carbocycles. The predicted molar refractivity (Wildman–Crippen MR) is 63.8 cm³/mol. The summed E-state index contributed by atoms with van der Waals surface area (Å²) in [4.78, 5) is 12.8. The molecule has 2 aromatic rings. The standard InChI is InChI=1S/C12H14N2O4/c1-7-10(8(2)18-13-7)14(3)6-9-4-5-17-11(9)12(15)16/h4-5H,6H2,1-3H3,(H,15,16). The van der Waals surface area contributed by atoms with Gasteiger partial charge in [-0.25, -0.2) is 4.79 Å². The van der Waals surface area contributed by atoms with Crippen LogP contribution in [-0.4, -0.2) is 23.3 Å². The van der Waals surface area contributed by atoms with E-state index in [0.29, 0.717) is 17.9 Å². The Morgan fingerprint density at radius 1 is 1.50 bits per heavy atom. The number of carboxylic acid groups (broad SMARTS) is 1. The lowest BCUT2D eigenvalue weighted by molar-refractivity contribution is 0.0661. The Hall–Kier alpha value is -2.24. The minimum Gasteiger partial charge on any atom is -0.475 e. The van der Waals surface area contributed by atoms with Crippen LogP contribution in [0.1, 0.15) is 27.6 Å². The second kappa shape index (κ2) is 4.56. The van der Waals surface area contributed by atoms with Crippen molar-refractivity contribution in [3.8, 4) is 0 Å². The van der Waals surface area contributed by atoms with Crippen molar-refractivity contribution >= 4 is 11.7 Å². The summed E-state index contributed by atoms with van der Waals surface area (Å²) in [6, 6.07) is 1.65. The Kier molecular flexibility index (Phi) is 3.10. The molecule has 0 saturated heterocycles. The lowest BCUT2D eigenvalue weighted by Gasteiger charge is -2.17. The number of furan rings is 1. The van der Waals surface area contributed by atoms with Crippen molar-refractivity contribution in [3.05, 3.63) is 35.1 Å². The molecule has 6 heteroatoms. The molecule has 0 aliphatic carbocycles. The van der Waals surface area contributed by atoms with Gasteiger partial charge in [0.2, 0.25) is 5.76 Å². The molecular formula is C12H14N2O4. The minimum atomic E-state index is -1.07. The number of hydrogen-bond donors (Lipinski definition) is 1. The second-order valence-corrected chi connectivity index (χ2v) is 4.11. The summed E-state index contributed by atoms with van der Waals surface area (Å²) < 4.78 is 10.0. The fourth-order valence-corrected chi connectivity index (χ4v) is 2.01. The van der Waals surface area contributed by atoms with Crippen molar-refractivity contribution in [1.29, 1.82) is 0 Å². The quantitative estimate of drug-likeness (QED) is 0.896. The average Bonchev–Trinajstić information content (AvgIpc) is 2.86. The molecule has 0 aliphatic heterocycles. The third kappa shape index (κ3) is 2.09. The number of aryl methyl sites for hydroxylation is 2. The van der Waals surface area contributed by atoms with Crippen LogP contribution in [0.3, 0.4) is 0 Å². The molecule has 0 fully saturated rings. The maximum Gasteiger partial charge on any atom is 0.372 e. The van der Waals surface area contributed by atoms with E-state index in [1.54, 1.807) is 6.07 Å². The number of carbonyl (C=O) groups is 1. The fourth-order valence-electron chi connectivity index (χ4n) is 2.01. The van der Waals surface area contributed by atoms with Crippen LogP contribution in [0.25, 0.3) is 0 Å². The van der Waals surface area contributed by atoms with Crippen LogP contribution in [0.2, 0.25) is 0 Å². The van der Waals surface area contributed by atoms with E-state index in [9.17, 15) is 4.79 Å². The molecule has 0 bridgehead atoms. The SMILES string of the molecule is Cc1noc(C)c1N(C)Cc1ccoc1C(=O)O. The van der Waals surface area contributed by atoms with Gasteiger partial charge in [-0.1, -0.05) is 5.16 Å². The van der Waals surface area contributed by atoms with Crippen LogP contribution in [0.5, 0.6) is 0 Å². The first-order valence-corrected chi connectivity index (χ1v) is 5.44. The summed E-state index contributed by atoms with van der Waals surface area (Å²) in [5.74, 6) is -0.397. The van der Waals surface area contributed by atoms with Crippen LogP contribution in [0, 0.1) is 13.8 Å². The van der Waals surface area contributed by atoms with E-state index >= 15 is 0 Å². The second-order valence-electron chi connectivity index (χ2n) is 4.11. The van der Waals surface area contributed by atoms with E-state index in [1.807, 2.05) is 25.8 Å². The minimum absolute atomic E-state index is 0.0337. The van der Waals surface area contributed by atoms with E-state index in [4.69, 9.17) is 14.0 Å².